The Balaban J connectivity index is 1.25. The highest BCUT2D eigenvalue weighted by Gasteiger charge is 2.45. The van der Waals surface area contributed by atoms with Crippen LogP contribution in [0.2, 0.25) is 0 Å². The molecule has 2 aromatic carbocycles. The maximum Gasteiger partial charge on any atom is 0.416 e. The third-order valence-corrected chi connectivity index (χ3v) is 9.17. The van der Waals surface area contributed by atoms with E-state index in [0.717, 1.165) is 48.3 Å². The molecule has 0 aliphatic carbocycles. The van der Waals surface area contributed by atoms with E-state index >= 15 is 0 Å². The molecular weight excluding hydrogens is 647 g/mol. The number of fused-ring (bicyclic) bond motifs is 1. The van der Waals surface area contributed by atoms with Crippen LogP contribution in [0.3, 0.4) is 0 Å². The van der Waals surface area contributed by atoms with Crippen molar-refractivity contribution in [3.63, 3.8) is 0 Å². The smallest absolute Gasteiger partial charge is 0.382 e. The Kier molecular flexibility index (Phi) is 8.60. The maximum absolute atomic E-state index is 13.5. The van der Waals surface area contributed by atoms with E-state index in [2.05, 4.69) is 15.3 Å². The second-order valence-electron chi connectivity index (χ2n) is 12.9. The summed E-state index contributed by atoms with van der Waals surface area (Å²) in [6, 6.07) is 18.0. The molecule has 50 heavy (non-hydrogen) atoms. The molecule has 0 spiro atoms. The molecule has 13 heteroatoms. The fourth-order valence-corrected chi connectivity index (χ4v) is 6.46. The van der Waals surface area contributed by atoms with Gasteiger partial charge in [-0.2, -0.15) is 13.2 Å². The minimum absolute atomic E-state index is 0.0779. The quantitative estimate of drug-likeness (QED) is 0.199. The molecule has 1 unspecified atom stereocenters. The van der Waals surface area contributed by atoms with Crippen LogP contribution in [0.15, 0.2) is 79.1 Å². The standard InChI is InChI=1S/C37H34F3N7O3/c1-36(21-50-22-36)35(49)46-17-5-8-26(20-46)33-45-30(31-32(41)43-19-28(47(31)33)14-9-23-6-3-2-4-7-23)24-10-12-25(13-11-24)34(48)44-29-18-27(15-16-42-29)37(38,39)40/h2-4,6-7,9-16,18-19,26H,5,8,17,20-22H2,1H3,(H2,41,43)(H,42,44,48). The number of aromatic nitrogens is 4. The van der Waals surface area contributed by atoms with Crippen molar-refractivity contribution in [2.45, 2.75) is 31.9 Å². The van der Waals surface area contributed by atoms with Gasteiger partial charge in [0.1, 0.15) is 28.7 Å². The molecule has 2 amide bonds. The molecule has 2 saturated heterocycles. The van der Waals surface area contributed by atoms with Crippen molar-refractivity contribution in [3.8, 4) is 11.3 Å². The van der Waals surface area contributed by atoms with E-state index in [1.165, 1.54) is 0 Å². The average Bonchev–Trinajstić information content (AvgIpc) is 3.52. The zero-order chi connectivity index (χ0) is 35.0. The Morgan fingerprint density at radius 2 is 1.80 bits per heavy atom. The fourth-order valence-electron chi connectivity index (χ4n) is 6.46. The van der Waals surface area contributed by atoms with E-state index in [1.54, 1.807) is 30.5 Å². The number of amides is 2. The Morgan fingerprint density at radius 1 is 1.04 bits per heavy atom. The molecule has 2 aliphatic rings. The molecule has 0 saturated carbocycles. The molecule has 3 N–H and O–H groups in total. The van der Waals surface area contributed by atoms with Gasteiger partial charge in [-0.25, -0.2) is 15.0 Å². The van der Waals surface area contributed by atoms with Gasteiger partial charge in [0.15, 0.2) is 0 Å². The summed E-state index contributed by atoms with van der Waals surface area (Å²) in [5.41, 5.74) is 8.87. The summed E-state index contributed by atoms with van der Waals surface area (Å²) in [4.78, 5) is 41.9. The number of rotatable bonds is 7. The average molecular weight is 682 g/mol. The molecule has 7 rings (SSSR count). The fraction of sp³-hybridized carbons (Fsp3) is 0.270. The Bertz CT molecular complexity index is 2090. The van der Waals surface area contributed by atoms with Crippen LogP contribution in [0.25, 0.3) is 28.9 Å². The van der Waals surface area contributed by atoms with Gasteiger partial charge in [-0.1, -0.05) is 48.5 Å². The number of alkyl halides is 3. The van der Waals surface area contributed by atoms with Crippen molar-refractivity contribution in [2.24, 2.45) is 5.41 Å². The summed E-state index contributed by atoms with van der Waals surface area (Å²) in [5.74, 6) is 0.138. The predicted octanol–water partition coefficient (Wildman–Crippen LogP) is 6.56. The number of carbonyl (C=O) groups excluding carboxylic acids is 2. The first-order valence-electron chi connectivity index (χ1n) is 16.2. The number of anilines is 2. The lowest BCUT2D eigenvalue weighted by Crippen LogP contribution is -2.55. The van der Waals surface area contributed by atoms with Gasteiger partial charge in [-0.3, -0.25) is 14.0 Å². The summed E-state index contributed by atoms with van der Waals surface area (Å²) >= 11 is 0. The predicted molar refractivity (Wildman–Crippen MR) is 183 cm³/mol. The largest absolute Gasteiger partial charge is 0.416 e. The van der Waals surface area contributed by atoms with Crippen molar-refractivity contribution in [1.82, 2.24) is 24.3 Å². The molecule has 1 atom stereocenters. The highest BCUT2D eigenvalue weighted by atomic mass is 19.4. The molecule has 5 aromatic rings. The van der Waals surface area contributed by atoms with Gasteiger partial charge in [0.25, 0.3) is 5.91 Å². The number of benzene rings is 2. The van der Waals surface area contributed by atoms with Crippen LogP contribution in [0.4, 0.5) is 24.8 Å². The third kappa shape index (κ3) is 6.43. The first kappa shape index (κ1) is 33.0. The number of imidazole rings is 1. The van der Waals surface area contributed by atoms with Gasteiger partial charge in [-0.15, -0.1) is 0 Å². The van der Waals surface area contributed by atoms with Gasteiger partial charge in [0, 0.05) is 36.3 Å². The topological polar surface area (TPSA) is 128 Å². The molecule has 10 nitrogen and oxygen atoms in total. The van der Waals surface area contributed by atoms with Crippen molar-refractivity contribution in [1.29, 1.82) is 0 Å². The number of halogens is 3. The van der Waals surface area contributed by atoms with Crippen molar-refractivity contribution in [2.75, 3.05) is 37.4 Å². The molecule has 256 valence electrons. The number of ether oxygens (including phenoxy) is 1. The highest BCUT2D eigenvalue weighted by molar-refractivity contribution is 6.04. The minimum Gasteiger partial charge on any atom is -0.382 e. The van der Waals surface area contributed by atoms with E-state index in [0.29, 0.717) is 43.1 Å². The van der Waals surface area contributed by atoms with Crippen LogP contribution in [-0.4, -0.2) is 62.4 Å². The zero-order valence-corrected chi connectivity index (χ0v) is 27.2. The van der Waals surface area contributed by atoms with E-state index in [-0.39, 0.29) is 29.0 Å². The van der Waals surface area contributed by atoms with Crippen LogP contribution < -0.4 is 11.1 Å². The maximum atomic E-state index is 13.5. The Morgan fingerprint density at radius 3 is 2.50 bits per heavy atom. The van der Waals surface area contributed by atoms with Crippen LogP contribution in [0.5, 0.6) is 0 Å². The first-order valence-corrected chi connectivity index (χ1v) is 16.2. The van der Waals surface area contributed by atoms with Gasteiger partial charge < -0.3 is 20.7 Å². The molecule has 0 radical (unpaired) electrons. The second-order valence-corrected chi connectivity index (χ2v) is 12.9. The van der Waals surface area contributed by atoms with E-state index < -0.39 is 23.1 Å². The molecule has 2 aliphatic heterocycles. The number of nitrogens with zero attached hydrogens (tertiary/aromatic N) is 5. The number of nitrogen functional groups attached to an aromatic ring is 1. The summed E-state index contributed by atoms with van der Waals surface area (Å²) in [7, 11) is 0. The number of nitrogens with one attached hydrogen (secondary N) is 1. The number of piperidine rings is 1. The van der Waals surface area contributed by atoms with Crippen molar-refractivity contribution < 1.29 is 27.5 Å². The molecular formula is C37H34F3N7O3. The van der Waals surface area contributed by atoms with Crippen molar-refractivity contribution in [3.05, 3.63) is 107 Å². The minimum atomic E-state index is -4.57. The zero-order valence-electron chi connectivity index (χ0n) is 27.2. The van der Waals surface area contributed by atoms with Crippen LogP contribution in [0, 0.1) is 5.41 Å². The molecule has 3 aromatic heterocycles. The number of hydrogen-bond acceptors (Lipinski definition) is 7. The van der Waals surface area contributed by atoms with E-state index in [1.807, 2.05) is 58.7 Å². The first-order chi connectivity index (χ1) is 24.0. The normalized spacial score (nSPS) is 17.5. The van der Waals surface area contributed by atoms with Crippen molar-refractivity contribution >= 4 is 41.1 Å². The molecule has 0 bridgehead atoms. The number of nitrogens with two attached hydrogens (primary N) is 1. The number of hydrogen-bond donors (Lipinski definition) is 2. The Labute approximate surface area is 285 Å². The second kappa shape index (κ2) is 13.0. The molecule has 2 fully saturated rings. The van der Waals surface area contributed by atoms with Gasteiger partial charge in [-0.05, 0) is 55.7 Å². The highest BCUT2D eigenvalue weighted by Crippen LogP contribution is 2.37. The van der Waals surface area contributed by atoms with E-state index in [4.69, 9.17) is 15.5 Å². The van der Waals surface area contributed by atoms with Crippen LogP contribution >= 0.6 is 0 Å². The third-order valence-electron chi connectivity index (χ3n) is 9.17. The number of likely N-dealkylation sites (tertiary alicyclic amines) is 1. The van der Waals surface area contributed by atoms with Gasteiger partial charge >= 0.3 is 6.18 Å². The molecule has 5 heterocycles. The Hall–Kier alpha value is -5.56. The van der Waals surface area contributed by atoms with Crippen LogP contribution in [-0.2, 0) is 15.7 Å². The summed E-state index contributed by atoms with van der Waals surface area (Å²) in [6.45, 7) is 3.89. The number of pyridine rings is 1. The monoisotopic (exact) mass is 681 g/mol. The summed E-state index contributed by atoms with van der Waals surface area (Å²) in [6.07, 6.45) is 3.67. The van der Waals surface area contributed by atoms with Crippen LogP contribution in [0.1, 0.15) is 58.7 Å². The van der Waals surface area contributed by atoms with Gasteiger partial charge in [0.2, 0.25) is 5.91 Å². The van der Waals surface area contributed by atoms with Gasteiger partial charge in [0.05, 0.1) is 36.1 Å². The SMILES string of the molecule is CC1(C(=O)N2CCCC(c3nc(-c4ccc(C(=O)Nc5cc(C(F)(F)F)ccn5)cc4)c4c(N)ncc(C=Cc5ccccc5)n34)C2)COC1. The lowest BCUT2D eigenvalue weighted by Gasteiger charge is -2.42. The van der Waals surface area contributed by atoms with E-state index in [9.17, 15) is 22.8 Å². The summed E-state index contributed by atoms with van der Waals surface area (Å²) < 4.78 is 46.9. The number of carbonyl (C=O) groups is 2. The summed E-state index contributed by atoms with van der Waals surface area (Å²) in [5, 5.41) is 2.44. The lowest BCUT2D eigenvalue weighted by molar-refractivity contribution is -0.170. The lowest BCUT2D eigenvalue weighted by atomic mass is 9.85.